The van der Waals surface area contributed by atoms with Gasteiger partial charge in [0.05, 0.1) is 0 Å². The van der Waals surface area contributed by atoms with E-state index in [0.717, 1.165) is 22.9 Å². The zero-order valence-electron chi connectivity index (χ0n) is 10.8. The molecule has 2 N–H and O–H groups in total. The van der Waals surface area contributed by atoms with Gasteiger partial charge < -0.3 is 10.1 Å². The van der Waals surface area contributed by atoms with Crippen LogP contribution in [0.3, 0.4) is 0 Å². The highest BCUT2D eigenvalue weighted by Crippen LogP contribution is 2.20. The molecule has 18 heavy (non-hydrogen) atoms. The van der Waals surface area contributed by atoms with Gasteiger partial charge in [0.25, 0.3) is 0 Å². The average molecular weight is 245 g/mol. The van der Waals surface area contributed by atoms with Crippen LogP contribution in [0.25, 0.3) is 10.9 Å². The predicted molar refractivity (Wildman–Crippen MR) is 72.5 cm³/mol. The van der Waals surface area contributed by atoms with Gasteiger partial charge in [-0.25, -0.2) is 0 Å². The molecular weight excluding hydrogens is 226 g/mol. The van der Waals surface area contributed by atoms with E-state index in [1.807, 2.05) is 44.3 Å². The van der Waals surface area contributed by atoms with Crippen LogP contribution in [0.15, 0.2) is 30.5 Å². The summed E-state index contributed by atoms with van der Waals surface area (Å²) in [4.78, 5) is 15.0. The van der Waals surface area contributed by atoms with E-state index in [4.69, 9.17) is 0 Å². The number of Topliss-reactive ketones (excluding diaryl/α,β-unsaturated/α-hetero) is 1. The summed E-state index contributed by atoms with van der Waals surface area (Å²) in [6, 6.07) is 7.91. The monoisotopic (exact) mass is 245 g/mol. The number of carbonyl (C=O) groups excluding carboxylic acids is 1. The molecule has 1 aromatic carbocycles. The van der Waals surface area contributed by atoms with Gasteiger partial charge in [0.15, 0.2) is 5.78 Å². The quantitative estimate of drug-likeness (QED) is 0.851. The summed E-state index contributed by atoms with van der Waals surface area (Å²) in [7, 11) is 0. The fourth-order valence-corrected chi connectivity index (χ4v) is 2.14. The van der Waals surface area contributed by atoms with Crippen LogP contribution in [0.4, 0.5) is 0 Å². The van der Waals surface area contributed by atoms with Crippen LogP contribution in [0.2, 0.25) is 0 Å². The number of rotatable bonds is 5. The summed E-state index contributed by atoms with van der Waals surface area (Å²) < 4.78 is 0. The van der Waals surface area contributed by atoms with Crippen molar-refractivity contribution in [2.75, 3.05) is 0 Å². The minimum atomic E-state index is -0.904. The Labute approximate surface area is 107 Å². The molecule has 1 aromatic heterocycles. The number of hydrogen-bond donors (Lipinski definition) is 2. The molecule has 0 saturated heterocycles. The van der Waals surface area contributed by atoms with Gasteiger partial charge >= 0.3 is 0 Å². The fraction of sp³-hybridized carbons (Fsp3) is 0.400. The van der Waals surface area contributed by atoms with Crippen molar-refractivity contribution in [2.45, 2.75) is 32.8 Å². The summed E-state index contributed by atoms with van der Waals surface area (Å²) in [5.74, 6) is -0.145. The smallest absolute Gasteiger partial charge is 0.164 e. The van der Waals surface area contributed by atoms with Gasteiger partial charge in [-0.05, 0) is 18.1 Å². The van der Waals surface area contributed by atoms with Crippen LogP contribution < -0.4 is 0 Å². The zero-order valence-corrected chi connectivity index (χ0v) is 10.8. The second-order valence-electron chi connectivity index (χ2n) is 4.79. The number of aliphatic hydroxyl groups is 1. The molecule has 0 aliphatic rings. The highest BCUT2D eigenvalue weighted by Gasteiger charge is 2.21. The Morgan fingerprint density at radius 3 is 2.83 bits per heavy atom. The van der Waals surface area contributed by atoms with Crippen molar-refractivity contribution in [3.05, 3.63) is 36.0 Å². The maximum atomic E-state index is 11.9. The SMILES string of the molecule is CCC(C)C(=O)[C@H](O)Cc1c[nH]c2ccccc12. The molecule has 2 rings (SSSR count). The number of hydrogen-bond acceptors (Lipinski definition) is 2. The van der Waals surface area contributed by atoms with E-state index in [0.29, 0.717) is 6.42 Å². The van der Waals surface area contributed by atoms with E-state index >= 15 is 0 Å². The van der Waals surface area contributed by atoms with Gasteiger partial charge in [-0.3, -0.25) is 4.79 Å². The second kappa shape index (κ2) is 5.36. The molecule has 0 amide bonds. The first kappa shape index (κ1) is 12.8. The number of benzene rings is 1. The number of carbonyl (C=O) groups is 1. The first-order valence-electron chi connectivity index (χ1n) is 6.40. The van der Waals surface area contributed by atoms with Gasteiger partial charge in [-0.1, -0.05) is 32.0 Å². The summed E-state index contributed by atoms with van der Waals surface area (Å²) in [5.41, 5.74) is 2.03. The van der Waals surface area contributed by atoms with Crippen LogP contribution in [0, 0.1) is 5.92 Å². The number of ketones is 1. The van der Waals surface area contributed by atoms with Crippen LogP contribution in [-0.4, -0.2) is 22.0 Å². The Kier molecular flexibility index (Phi) is 3.82. The maximum absolute atomic E-state index is 11.9. The summed E-state index contributed by atoms with van der Waals surface area (Å²) in [6.45, 7) is 3.82. The fourth-order valence-electron chi connectivity index (χ4n) is 2.14. The molecule has 0 radical (unpaired) electrons. The largest absolute Gasteiger partial charge is 0.385 e. The molecule has 1 heterocycles. The minimum Gasteiger partial charge on any atom is -0.385 e. The van der Waals surface area contributed by atoms with Crippen LogP contribution in [0.1, 0.15) is 25.8 Å². The lowest BCUT2D eigenvalue weighted by Gasteiger charge is -2.13. The third-order valence-corrected chi connectivity index (χ3v) is 3.51. The molecule has 96 valence electrons. The van der Waals surface area contributed by atoms with E-state index in [9.17, 15) is 9.90 Å². The molecule has 0 aliphatic heterocycles. The molecular formula is C15H19NO2. The van der Waals surface area contributed by atoms with Gasteiger partial charge in [-0.2, -0.15) is 0 Å². The van der Waals surface area contributed by atoms with Crippen molar-refractivity contribution in [3.8, 4) is 0 Å². The molecule has 0 bridgehead atoms. The number of nitrogens with one attached hydrogen (secondary N) is 1. The predicted octanol–water partition coefficient (Wildman–Crippen LogP) is 2.69. The number of aliphatic hydroxyl groups excluding tert-OH is 1. The van der Waals surface area contributed by atoms with Crippen molar-refractivity contribution in [1.82, 2.24) is 4.98 Å². The first-order chi connectivity index (χ1) is 8.63. The third kappa shape index (κ3) is 2.46. The van der Waals surface area contributed by atoms with Gasteiger partial charge in [-0.15, -0.1) is 0 Å². The summed E-state index contributed by atoms with van der Waals surface area (Å²) >= 11 is 0. The number of H-pyrrole nitrogens is 1. The number of para-hydroxylation sites is 1. The number of aromatic nitrogens is 1. The Morgan fingerprint density at radius 1 is 1.39 bits per heavy atom. The lowest BCUT2D eigenvalue weighted by atomic mass is 9.95. The Morgan fingerprint density at radius 2 is 2.11 bits per heavy atom. The van der Waals surface area contributed by atoms with Crippen molar-refractivity contribution >= 4 is 16.7 Å². The van der Waals surface area contributed by atoms with Crippen molar-refractivity contribution in [3.63, 3.8) is 0 Å². The lowest BCUT2D eigenvalue weighted by molar-refractivity contribution is -0.130. The first-order valence-corrected chi connectivity index (χ1v) is 6.40. The molecule has 2 aromatic rings. The molecule has 0 fully saturated rings. The topological polar surface area (TPSA) is 53.1 Å². The Hall–Kier alpha value is -1.61. The van der Waals surface area contributed by atoms with Gasteiger partial charge in [0, 0.05) is 29.4 Å². The Bertz CT molecular complexity index is 544. The average Bonchev–Trinajstić information content (AvgIpc) is 2.80. The lowest BCUT2D eigenvalue weighted by Crippen LogP contribution is -2.28. The molecule has 0 saturated carbocycles. The van der Waals surface area contributed by atoms with E-state index in [2.05, 4.69) is 4.98 Å². The van der Waals surface area contributed by atoms with Gasteiger partial charge in [0.1, 0.15) is 6.10 Å². The summed E-state index contributed by atoms with van der Waals surface area (Å²) in [5, 5.41) is 11.1. The zero-order chi connectivity index (χ0) is 13.1. The van der Waals surface area contributed by atoms with Crippen LogP contribution in [0.5, 0.6) is 0 Å². The maximum Gasteiger partial charge on any atom is 0.164 e. The number of aromatic amines is 1. The molecule has 2 atom stereocenters. The molecule has 3 heteroatoms. The normalized spacial score (nSPS) is 14.6. The second-order valence-corrected chi connectivity index (χ2v) is 4.79. The summed E-state index contributed by atoms with van der Waals surface area (Å²) in [6.07, 6.45) is 2.12. The van der Waals surface area contributed by atoms with Crippen molar-refractivity contribution in [2.24, 2.45) is 5.92 Å². The Balaban J connectivity index is 2.16. The highest BCUT2D eigenvalue weighted by atomic mass is 16.3. The highest BCUT2D eigenvalue weighted by molar-refractivity contribution is 5.87. The van der Waals surface area contributed by atoms with Crippen molar-refractivity contribution < 1.29 is 9.90 Å². The molecule has 0 aliphatic carbocycles. The van der Waals surface area contributed by atoms with E-state index in [-0.39, 0.29) is 11.7 Å². The van der Waals surface area contributed by atoms with E-state index < -0.39 is 6.10 Å². The molecule has 3 nitrogen and oxygen atoms in total. The van der Waals surface area contributed by atoms with E-state index in [1.54, 1.807) is 0 Å². The number of fused-ring (bicyclic) bond motifs is 1. The van der Waals surface area contributed by atoms with Crippen molar-refractivity contribution in [1.29, 1.82) is 0 Å². The van der Waals surface area contributed by atoms with Crippen LogP contribution >= 0.6 is 0 Å². The van der Waals surface area contributed by atoms with Gasteiger partial charge in [0.2, 0.25) is 0 Å². The minimum absolute atomic E-state index is 0.0669. The molecule has 0 spiro atoms. The molecule has 1 unspecified atom stereocenters. The van der Waals surface area contributed by atoms with Crippen LogP contribution in [-0.2, 0) is 11.2 Å². The van der Waals surface area contributed by atoms with E-state index in [1.165, 1.54) is 0 Å². The standard InChI is InChI=1S/C15H19NO2/c1-3-10(2)15(18)14(17)8-11-9-16-13-7-5-4-6-12(11)13/h4-7,9-10,14,16-17H,3,8H2,1-2H3/t10?,14-/m1/s1. The third-order valence-electron chi connectivity index (χ3n) is 3.51.